The van der Waals surface area contributed by atoms with Gasteiger partial charge in [0.25, 0.3) is 0 Å². The van der Waals surface area contributed by atoms with E-state index in [9.17, 15) is 24.6 Å². The molecule has 5 rings (SSSR count). The van der Waals surface area contributed by atoms with Crippen LogP contribution >= 0.6 is 0 Å². The highest BCUT2D eigenvalue weighted by molar-refractivity contribution is 6.30. The first kappa shape index (κ1) is 15.3. The van der Waals surface area contributed by atoms with E-state index in [2.05, 4.69) is 0 Å². The second-order valence-electron chi connectivity index (χ2n) is 7.49. The smallest absolute Gasteiger partial charge is 0.198 e. The monoisotopic (exact) mass is 348 g/mol. The number of fused-ring (bicyclic) bond motifs is 3. The summed E-state index contributed by atoms with van der Waals surface area (Å²) in [6, 6.07) is 6.42. The maximum absolute atomic E-state index is 12.9. The van der Waals surface area contributed by atoms with Crippen LogP contribution in [0.5, 0.6) is 11.5 Å². The number of ketones is 3. The van der Waals surface area contributed by atoms with Crippen molar-refractivity contribution < 1.29 is 24.6 Å². The molecule has 0 unspecified atom stereocenters. The fourth-order valence-corrected chi connectivity index (χ4v) is 4.70. The van der Waals surface area contributed by atoms with Gasteiger partial charge in [0, 0.05) is 34.1 Å². The van der Waals surface area contributed by atoms with Crippen LogP contribution in [0.25, 0.3) is 0 Å². The molecule has 0 radical (unpaired) electrons. The lowest BCUT2D eigenvalue weighted by Gasteiger charge is -2.44. The fraction of sp³-hybridized carbons (Fsp3) is 0.286. The van der Waals surface area contributed by atoms with Crippen molar-refractivity contribution in [2.45, 2.75) is 32.1 Å². The van der Waals surface area contributed by atoms with Crippen LogP contribution in [0, 0.1) is 5.41 Å². The van der Waals surface area contributed by atoms with Gasteiger partial charge in [0.15, 0.2) is 11.6 Å². The Bertz CT molecular complexity index is 1050. The molecule has 0 saturated heterocycles. The third-order valence-electron chi connectivity index (χ3n) is 6.32. The highest BCUT2D eigenvalue weighted by atomic mass is 16.3. The van der Waals surface area contributed by atoms with Gasteiger partial charge in [-0.05, 0) is 25.7 Å². The molecule has 1 atom stereocenters. The molecular formula is C21H16O5. The van der Waals surface area contributed by atoms with Crippen molar-refractivity contribution >= 4 is 17.3 Å². The van der Waals surface area contributed by atoms with Crippen LogP contribution in [0.4, 0.5) is 0 Å². The zero-order valence-corrected chi connectivity index (χ0v) is 14.0. The van der Waals surface area contributed by atoms with Crippen LogP contribution in [0.15, 0.2) is 24.3 Å². The molecule has 1 fully saturated rings. The van der Waals surface area contributed by atoms with E-state index in [1.54, 1.807) is 24.3 Å². The van der Waals surface area contributed by atoms with Crippen LogP contribution < -0.4 is 0 Å². The number of aromatic hydroxyl groups is 2. The summed E-state index contributed by atoms with van der Waals surface area (Å²) in [5, 5.41) is 21.6. The molecule has 2 aromatic rings. The summed E-state index contributed by atoms with van der Waals surface area (Å²) in [4.78, 5) is 37.9. The summed E-state index contributed by atoms with van der Waals surface area (Å²) in [6.07, 6.45) is 2.63. The maximum atomic E-state index is 12.9. The third-order valence-corrected chi connectivity index (χ3v) is 6.32. The Labute approximate surface area is 149 Å². The average molecular weight is 348 g/mol. The van der Waals surface area contributed by atoms with Crippen LogP contribution in [0.1, 0.15) is 62.2 Å². The molecule has 0 bridgehead atoms. The molecule has 26 heavy (non-hydrogen) atoms. The number of phenols is 2. The number of benzene rings is 2. The molecule has 3 aliphatic rings. The fourth-order valence-electron chi connectivity index (χ4n) is 4.70. The van der Waals surface area contributed by atoms with Crippen molar-refractivity contribution in [2.24, 2.45) is 5.41 Å². The van der Waals surface area contributed by atoms with Gasteiger partial charge in [-0.15, -0.1) is 0 Å². The highest BCUT2D eigenvalue weighted by Crippen LogP contribution is 2.53. The van der Waals surface area contributed by atoms with Gasteiger partial charge in [-0.2, -0.15) is 0 Å². The summed E-state index contributed by atoms with van der Waals surface area (Å²) in [5.41, 5.74) is 0.680. The minimum Gasteiger partial charge on any atom is -0.507 e. The topological polar surface area (TPSA) is 91.7 Å². The van der Waals surface area contributed by atoms with E-state index in [1.807, 2.05) is 0 Å². The molecule has 130 valence electrons. The molecule has 1 saturated carbocycles. The second-order valence-corrected chi connectivity index (χ2v) is 7.49. The lowest BCUT2D eigenvalue weighted by atomic mass is 9.58. The normalized spacial score (nSPS) is 23.3. The van der Waals surface area contributed by atoms with Gasteiger partial charge in [0.2, 0.25) is 0 Å². The van der Waals surface area contributed by atoms with Crippen molar-refractivity contribution in [3.63, 3.8) is 0 Å². The van der Waals surface area contributed by atoms with E-state index in [0.717, 1.165) is 6.42 Å². The van der Waals surface area contributed by atoms with Gasteiger partial charge in [-0.25, -0.2) is 0 Å². The van der Waals surface area contributed by atoms with Crippen molar-refractivity contribution in [2.75, 3.05) is 0 Å². The minimum atomic E-state index is -0.481. The Kier molecular flexibility index (Phi) is 2.84. The Morgan fingerprint density at radius 2 is 1.31 bits per heavy atom. The quantitative estimate of drug-likeness (QED) is 0.610. The molecule has 0 heterocycles. The van der Waals surface area contributed by atoms with Crippen molar-refractivity contribution in [3.8, 4) is 11.5 Å². The number of hydrogen-bond acceptors (Lipinski definition) is 5. The van der Waals surface area contributed by atoms with Crippen molar-refractivity contribution in [1.29, 1.82) is 0 Å². The largest absolute Gasteiger partial charge is 0.507 e. The summed E-state index contributed by atoms with van der Waals surface area (Å²) in [5.74, 6) is -1.22. The minimum absolute atomic E-state index is 0.110. The Balaban J connectivity index is 1.76. The molecular weight excluding hydrogens is 332 g/mol. The lowest BCUT2D eigenvalue weighted by Crippen LogP contribution is -2.45. The van der Waals surface area contributed by atoms with Gasteiger partial charge in [-0.3, -0.25) is 14.4 Å². The van der Waals surface area contributed by atoms with Crippen LogP contribution in [0.2, 0.25) is 0 Å². The number of carbonyl (C=O) groups is 3. The molecule has 0 aliphatic heterocycles. The maximum Gasteiger partial charge on any atom is 0.198 e. The van der Waals surface area contributed by atoms with Crippen molar-refractivity contribution in [1.82, 2.24) is 0 Å². The highest BCUT2D eigenvalue weighted by Gasteiger charge is 2.50. The summed E-state index contributed by atoms with van der Waals surface area (Å²) >= 11 is 0. The molecule has 0 aromatic heterocycles. The van der Waals surface area contributed by atoms with E-state index in [0.29, 0.717) is 36.8 Å². The van der Waals surface area contributed by atoms with E-state index in [-0.39, 0.29) is 39.5 Å². The Morgan fingerprint density at radius 1 is 0.769 bits per heavy atom. The first-order valence-corrected chi connectivity index (χ1v) is 8.76. The summed E-state index contributed by atoms with van der Waals surface area (Å²) in [6.45, 7) is 0. The Morgan fingerprint density at radius 3 is 1.81 bits per heavy atom. The molecule has 1 spiro atoms. The first-order valence-electron chi connectivity index (χ1n) is 8.76. The van der Waals surface area contributed by atoms with Crippen LogP contribution in [-0.4, -0.2) is 27.6 Å². The number of Topliss-reactive ketones (excluding diaryl/α,β-unsaturated/α-hetero) is 1. The SMILES string of the molecule is O=C1c2ccccc2C(=O)c2c(O)c3c(c(O)c21)CC[C@@]1(CCC1=O)C3. The van der Waals surface area contributed by atoms with Crippen molar-refractivity contribution in [3.05, 3.63) is 57.6 Å². The average Bonchev–Trinajstić information content (AvgIpc) is 2.67. The zero-order valence-electron chi connectivity index (χ0n) is 14.0. The summed E-state index contributed by atoms with van der Waals surface area (Å²) < 4.78 is 0. The molecule has 0 amide bonds. The van der Waals surface area contributed by atoms with E-state index < -0.39 is 17.0 Å². The predicted octanol–water partition coefficient (Wildman–Crippen LogP) is 2.71. The van der Waals surface area contributed by atoms with Gasteiger partial charge in [-0.1, -0.05) is 24.3 Å². The molecule has 2 aromatic carbocycles. The first-order chi connectivity index (χ1) is 12.4. The molecule has 5 heteroatoms. The molecule has 5 nitrogen and oxygen atoms in total. The van der Waals surface area contributed by atoms with Gasteiger partial charge >= 0.3 is 0 Å². The third kappa shape index (κ3) is 1.68. The van der Waals surface area contributed by atoms with Crippen LogP contribution in [-0.2, 0) is 17.6 Å². The number of carbonyl (C=O) groups excluding carboxylic acids is 3. The van der Waals surface area contributed by atoms with E-state index >= 15 is 0 Å². The summed E-state index contributed by atoms with van der Waals surface area (Å²) in [7, 11) is 0. The van der Waals surface area contributed by atoms with Gasteiger partial charge in [0.05, 0.1) is 11.1 Å². The zero-order chi connectivity index (χ0) is 18.2. The molecule has 2 N–H and O–H groups in total. The molecule has 3 aliphatic carbocycles. The Hall–Kier alpha value is -2.95. The second kappa shape index (κ2) is 4.81. The van der Waals surface area contributed by atoms with Gasteiger partial charge in [0.1, 0.15) is 17.3 Å². The van der Waals surface area contributed by atoms with E-state index in [4.69, 9.17) is 0 Å². The number of phenolic OH excluding ortho intramolecular Hbond substituents is 2. The number of hydrogen-bond donors (Lipinski definition) is 2. The lowest BCUT2D eigenvalue weighted by molar-refractivity contribution is -0.139. The van der Waals surface area contributed by atoms with E-state index in [1.165, 1.54) is 0 Å². The standard InChI is InChI=1S/C21H16O5/c22-14-6-8-21(14)7-5-12-13(9-21)20(26)16-15(19(12)25)17(23)10-3-1-2-4-11(10)18(16)24/h1-4,25-26H,5-9H2/t21-/m1/s1. The van der Waals surface area contributed by atoms with Gasteiger partial charge < -0.3 is 10.2 Å². The number of rotatable bonds is 0. The van der Waals surface area contributed by atoms with Crippen LogP contribution in [0.3, 0.4) is 0 Å². The predicted molar refractivity (Wildman–Crippen MR) is 91.8 cm³/mol.